The van der Waals surface area contributed by atoms with E-state index in [-0.39, 0.29) is 17.5 Å². The van der Waals surface area contributed by atoms with Gasteiger partial charge in [-0.1, -0.05) is 22.9 Å². The highest BCUT2D eigenvalue weighted by Crippen LogP contribution is 2.42. The van der Waals surface area contributed by atoms with Gasteiger partial charge in [0, 0.05) is 12.0 Å². The van der Waals surface area contributed by atoms with Gasteiger partial charge in [0.2, 0.25) is 5.13 Å². The van der Waals surface area contributed by atoms with Gasteiger partial charge in [0.25, 0.3) is 5.91 Å². The number of nitrogens with zero attached hydrogens (tertiary/aromatic N) is 2. The van der Waals surface area contributed by atoms with Gasteiger partial charge in [0.15, 0.2) is 6.61 Å². The molecule has 1 aliphatic carbocycles. The molecule has 110 valence electrons. The first-order valence-electron chi connectivity index (χ1n) is 6.33. The Hall–Kier alpha value is -1.73. The molecule has 1 aliphatic rings. The number of rotatable bonds is 5. The highest BCUT2D eigenvalue weighted by Gasteiger charge is 2.27. The molecule has 0 aliphatic heterocycles. The van der Waals surface area contributed by atoms with Crippen molar-refractivity contribution in [3.8, 4) is 5.75 Å². The van der Waals surface area contributed by atoms with Gasteiger partial charge >= 0.3 is 0 Å². The molecule has 0 radical (unpaired) electrons. The molecular formula is C13H11ClFN3O2S. The van der Waals surface area contributed by atoms with E-state index >= 15 is 0 Å². The van der Waals surface area contributed by atoms with Gasteiger partial charge in [-0.2, -0.15) is 0 Å². The molecule has 8 heteroatoms. The molecule has 0 spiro atoms. The molecule has 2 aromatic rings. The SMILES string of the molecule is O=C(COc1ccc(F)c(Cl)c1)Nc1nnc(C2CC2)s1. The first-order valence-corrected chi connectivity index (χ1v) is 7.52. The number of carbonyl (C=O) groups excluding carboxylic acids is 1. The van der Waals surface area contributed by atoms with Crippen LogP contribution in [0.4, 0.5) is 9.52 Å². The number of hydrogen-bond acceptors (Lipinski definition) is 5. The molecule has 1 saturated carbocycles. The summed E-state index contributed by atoms with van der Waals surface area (Å²) in [6.45, 7) is -0.208. The zero-order valence-electron chi connectivity index (χ0n) is 10.8. The number of hydrogen-bond donors (Lipinski definition) is 1. The quantitative estimate of drug-likeness (QED) is 0.915. The minimum Gasteiger partial charge on any atom is -0.484 e. The molecule has 0 unspecified atom stereocenters. The Morgan fingerprint density at radius 3 is 3.00 bits per heavy atom. The van der Waals surface area contributed by atoms with Gasteiger partial charge in [-0.05, 0) is 25.0 Å². The Labute approximate surface area is 129 Å². The lowest BCUT2D eigenvalue weighted by atomic mass is 10.3. The molecule has 0 saturated heterocycles. The van der Waals surface area contributed by atoms with Crippen LogP contribution >= 0.6 is 22.9 Å². The van der Waals surface area contributed by atoms with Crippen LogP contribution in [0.5, 0.6) is 5.75 Å². The first kappa shape index (κ1) is 14.2. The number of nitrogens with one attached hydrogen (secondary N) is 1. The van der Waals surface area contributed by atoms with E-state index in [4.69, 9.17) is 16.3 Å². The Kier molecular flexibility index (Phi) is 4.03. The highest BCUT2D eigenvalue weighted by atomic mass is 35.5. The van der Waals surface area contributed by atoms with Crippen molar-refractivity contribution >= 4 is 34.0 Å². The summed E-state index contributed by atoms with van der Waals surface area (Å²) < 4.78 is 18.2. The van der Waals surface area contributed by atoms with Crippen molar-refractivity contribution in [2.45, 2.75) is 18.8 Å². The molecule has 1 aromatic carbocycles. The second kappa shape index (κ2) is 5.95. The van der Waals surface area contributed by atoms with E-state index in [1.165, 1.54) is 29.5 Å². The molecule has 1 fully saturated rings. The van der Waals surface area contributed by atoms with E-state index in [2.05, 4.69) is 15.5 Å². The Morgan fingerprint density at radius 1 is 1.48 bits per heavy atom. The molecule has 0 bridgehead atoms. The Balaban J connectivity index is 1.52. The van der Waals surface area contributed by atoms with Crippen LogP contribution in [-0.2, 0) is 4.79 Å². The molecule has 1 aromatic heterocycles. The topological polar surface area (TPSA) is 64.1 Å². The third-order valence-corrected chi connectivity index (χ3v) is 4.17. The van der Waals surface area contributed by atoms with E-state index in [0.29, 0.717) is 16.8 Å². The lowest BCUT2D eigenvalue weighted by Crippen LogP contribution is -2.20. The van der Waals surface area contributed by atoms with Crippen molar-refractivity contribution in [1.82, 2.24) is 10.2 Å². The summed E-state index contributed by atoms with van der Waals surface area (Å²) in [6, 6.07) is 3.91. The second-order valence-electron chi connectivity index (χ2n) is 4.63. The molecule has 1 heterocycles. The van der Waals surface area contributed by atoms with E-state index in [9.17, 15) is 9.18 Å². The van der Waals surface area contributed by atoms with Gasteiger partial charge in [0.1, 0.15) is 16.6 Å². The van der Waals surface area contributed by atoms with Crippen LogP contribution < -0.4 is 10.1 Å². The summed E-state index contributed by atoms with van der Waals surface area (Å²) in [5.41, 5.74) is 0. The van der Waals surface area contributed by atoms with Gasteiger partial charge in [-0.3, -0.25) is 10.1 Å². The van der Waals surface area contributed by atoms with Crippen LogP contribution in [0.25, 0.3) is 0 Å². The number of ether oxygens (including phenoxy) is 1. The van der Waals surface area contributed by atoms with Gasteiger partial charge in [-0.15, -0.1) is 10.2 Å². The summed E-state index contributed by atoms with van der Waals surface area (Å²) in [7, 11) is 0. The molecule has 1 N–H and O–H groups in total. The highest BCUT2D eigenvalue weighted by molar-refractivity contribution is 7.15. The zero-order valence-corrected chi connectivity index (χ0v) is 12.4. The maximum absolute atomic E-state index is 13.0. The average Bonchev–Trinajstić information content (AvgIpc) is 3.21. The van der Waals surface area contributed by atoms with E-state index < -0.39 is 5.82 Å². The van der Waals surface area contributed by atoms with Crippen LogP contribution in [0.1, 0.15) is 23.8 Å². The largest absolute Gasteiger partial charge is 0.484 e. The Morgan fingerprint density at radius 2 is 2.29 bits per heavy atom. The van der Waals surface area contributed by atoms with Crippen LogP contribution in [0.3, 0.4) is 0 Å². The fourth-order valence-corrected chi connectivity index (χ4v) is 2.75. The molecule has 0 atom stereocenters. The summed E-state index contributed by atoms with van der Waals surface area (Å²) >= 11 is 7.00. The lowest BCUT2D eigenvalue weighted by molar-refractivity contribution is -0.118. The van der Waals surface area contributed by atoms with Gasteiger partial charge < -0.3 is 4.74 Å². The molecule has 5 nitrogen and oxygen atoms in total. The second-order valence-corrected chi connectivity index (χ2v) is 6.05. The van der Waals surface area contributed by atoms with Crippen molar-refractivity contribution in [2.24, 2.45) is 0 Å². The van der Waals surface area contributed by atoms with Crippen LogP contribution in [0, 0.1) is 5.82 Å². The van der Waals surface area contributed by atoms with Gasteiger partial charge in [0.05, 0.1) is 5.02 Å². The predicted octanol–water partition coefficient (Wildman–Crippen LogP) is 3.23. The van der Waals surface area contributed by atoms with E-state index in [1.54, 1.807) is 0 Å². The fraction of sp³-hybridized carbons (Fsp3) is 0.308. The van der Waals surface area contributed by atoms with Crippen molar-refractivity contribution in [2.75, 3.05) is 11.9 Å². The minimum absolute atomic E-state index is 0.0499. The minimum atomic E-state index is -0.532. The van der Waals surface area contributed by atoms with E-state index in [0.717, 1.165) is 17.8 Å². The number of aromatic nitrogens is 2. The summed E-state index contributed by atoms with van der Waals surface area (Å²) in [5.74, 6) is -0.0536. The van der Waals surface area contributed by atoms with Crippen LogP contribution in [0.2, 0.25) is 5.02 Å². The van der Waals surface area contributed by atoms with Crippen molar-refractivity contribution < 1.29 is 13.9 Å². The maximum Gasteiger partial charge on any atom is 0.264 e. The first-order chi connectivity index (χ1) is 10.1. The third-order valence-electron chi connectivity index (χ3n) is 2.87. The van der Waals surface area contributed by atoms with Crippen LogP contribution in [-0.4, -0.2) is 22.7 Å². The molecule has 3 rings (SSSR count). The number of anilines is 1. The van der Waals surface area contributed by atoms with Gasteiger partial charge in [-0.25, -0.2) is 4.39 Å². The van der Waals surface area contributed by atoms with E-state index in [1.807, 2.05) is 0 Å². The van der Waals surface area contributed by atoms with Crippen molar-refractivity contribution in [1.29, 1.82) is 0 Å². The summed E-state index contributed by atoms with van der Waals surface area (Å²) in [5, 5.41) is 11.9. The average molecular weight is 328 g/mol. The third kappa shape index (κ3) is 3.68. The smallest absolute Gasteiger partial charge is 0.264 e. The summed E-state index contributed by atoms with van der Waals surface area (Å²) in [6.07, 6.45) is 2.27. The Bertz CT molecular complexity index is 675. The number of halogens is 2. The molecular weight excluding hydrogens is 317 g/mol. The van der Waals surface area contributed by atoms with Crippen molar-refractivity contribution in [3.05, 3.63) is 34.0 Å². The predicted molar refractivity (Wildman–Crippen MR) is 77.4 cm³/mol. The van der Waals surface area contributed by atoms with Crippen molar-refractivity contribution in [3.63, 3.8) is 0 Å². The lowest BCUT2D eigenvalue weighted by Gasteiger charge is -2.06. The standard InChI is InChI=1S/C13H11ClFN3O2S/c14-9-5-8(3-4-10(9)15)20-6-11(19)16-13-18-17-12(21-13)7-1-2-7/h3-5,7H,1-2,6H2,(H,16,18,19). The molecule has 1 amide bonds. The number of carbonyl (C=O) groups is 1. The van der Waals surface area contributed by atoms with Crippen LogP contribution in [0.15, 0.2) is 18.2 Å². The normalized spacial score (nSPS) is 14.0. The molecule has 21 heavy (non-hydrogen) atoms. The number of benzene rings is 1. The fourth-order valence-electron chi connectivity index (χ4n) is 1.65. The number of amides is 1. The summed E-state index contributed by atoms with van der Waals surface area (Å²) in [4.78, 5) is 11.7. The monoisotopic (exact) mass is 327 g/mol. The zero-order chi connectivity index (χ0) is 14.8. The maximum atomic E-state index is 13.0.